The lowest BCUT2D eigenvalue weighted by Crippen LogP contribution is -2.32. The molecule has 0 unspecified atom stereocenters. The number of rotatable bonds is 5. The summed E-state index contributed by atoms with van der Waals surface area (Å²) in [5, 5.41) is 0. The quantitative estimate of drug-likeness (QED) is 0.804. The SMILES string of the molecule is Cc1ccnc(N2CCCN(CCCCN)CC2)n1. The molecule has 0 spiro atoms. The van der Waals surface area contributed by atoms with Gasteiger partial charge in [0.05, 0.1) is 0 Å². The zero-order valence-electron chi connectivity index (χ0n) is 11.9. The Morgan fingerprint density at radius 2 is 2.11 bits per heavy atom. The van der Waals surface area contributed by atoms with Crippen molar-refractivity contribution in [2.45, 2.75) is 26.2 Å². The van der Waals surface area contributed by atoms with Crippen molar-refractivity contribution in [1.29, 1.82) is 0 Å². The van der Waals surface area contributed by atoms with Crippen molar-refractivity contribution in [3.05, 3.63) is 18.0 Å². The minimum atomic E-state index is 0.803. The molecule has 1 aromatic rings. The van der Waals surface area contributed by atoms with Gasteiger partial charge in [0.1, 0.15) is 0 Å². The van der Waals surface area contributed by atoms with Crippen LogP contribution in [0.3, 0.4) is 0 Å². The van der Waals surface area contributed by atoms with E-state index in [1.165, 1.54) is 25.9 Å². The number of aromatic nitrogens is 2. The summed E-state index contributed by atoms with van der Waals surface area (Å²) in [4.78, 5) is 13.7. The predicted octanol–water partition coefficient (Wildman–Crippen LogP) is 1.04. The number of hydrogen-bond donors (Lipinski definition) is 1. The summed E-state index contributed by atoms with van der Waals surface area (Å²) >= 11 is 0. The molecule has 0 aliphatic carbocycles. The van der Waals surface area contributed by atoms with Crippen molar-refractivity contribution in [1.82, 2.24) is 14.9 Å². The molecule has 106 valence electrons. The van der Waals surface area contributed by atoms with Crippen molar-refractivity contribution in [3.8, 4) is 0 Å². The van der Waals surface area contributed by atoms with E-state index in [9.17, 15) is 0 Å². The number of nitrogens with zero attached hydrogens (tertiary/aromatic N) is 4. The van der Waals surface area contributed by atoms with Crippen LogP contribution in [0, 0.1) is 6.92 Å². The molecule has 1 aliphatic rings. The second-order valence-electron chi connectivity index (χ2n) is 5.18. The van der Waals surface area contributed by atoms with Gasteiger partial charge in [0, 0.05) is 31.5 Å². The van der Waals surface area contributed by atoms with Gasteiger partial charge in [-0.1, -0.05) is 0 Å². The molecule has 2 rings (SSSR count). The van der Waals surface area contributed by atoms with E-state index in [1.807, 2.05) is 19.2 Å². The zero-order chi connectivity index (χ0) is 13.5. The van der Waals surface area contributed by atoms with Gasteiger partial charge >= 0.3 is 0 Å². The Hall–Kier alpha value is -1.20. The molecule has 0 bridgehead atoms. The second-order valence-corrected chi connectivity index (χ2v) is 5.18. The lowest BCUT2D eigenvalue weighted by Gasteiger charge is -2.21. The topological polar surface area (TPSA) is 58.3 Å². The van der Waals surface area contributed by atoms with Crippen LogP contribution >= 0.6 is 0 Å². The first-order valence-electron chi connectivity index (χ1n) is 7.26. The fourth-order valence-corrected chi connectivity index (χ4v) is 2.46. The third-order valence-electron chi connectivity index (χ3n) is 3.58. The summed E-state index contributed by atoms with van der Waals surface area (Å²) < 4.78 is 0. The summed E-state index contributed by atoms with van der Waals surface area (Å²) in [6.07, 6.45) is 5.36. The third-order valence-corrected chi connectivity index (χ3v) is 3.58. The minimum absolute atomic E-state index is 0.803. The van der Waals surface area contributed by atoms with Crippen LogP contribution in [0.4, 0.5) is 5.95 Å². The highest BCUT2D eigenvalue weighted by molar-refractivity contribution is 5.30. The van der Waals surface area contributed by atoms with E-state index in [1.54, 1.807) is 0 Å². The number of anilines is 1. The molecule has 0 atom stereocenters. The molecule has 1 aliphatic heterocycles. The van der Waals surface area contributed by atoms with Crippen LogP contribution in [-0.4, -0.2) is 54.1 Å². The molecule has 5 heteroatoms. The summed E-state index contributed by atoms with van der Waals surface area (Å²) in [5.41, 5.74) is 6.58. The standard InChI is InChI=1S/C14H25N5/c1-13-5-7-16-14(17-13)19-10-4-9-18(11-12-19)8-3-2-6-15/h5,7H,2-4,6,8-12,15H2,1H3. The highest BCUT2D eigenvalue weighted by atomic mass is 15.3. The highest BCUT2D eigenvalue weighted by Crippen LogP contribution is 2.11. The van der Waals surface area contributed by atoms with Crippen molar-refractivity contribution in [3.63, 3.8) is 0 Å². The first kappa shape index (κ1) is 14.2. The number of nitrogens with two attached hydrogens (primary N) is 1. The van der Waals surface area contributed by atoms with Gasteiger partial charge in [-0.25, -0.2) is 9.97 Å². The maximum absolute atomic E-state index is 5.54. The number of unbranched alkanes of at least 4 members (excludes halogenated alkanes) is 1. The average molecular weight is 263 g/mol. The monoisotopic (exact) mass is 263 g/mol. The summed E-state index contributed by atoms with van der Waals surface area (Å²) in [7, 11) is 0. The first-order chi connectivity index (χ1) is 9.29. The minimum Gasteiger partial charge on any atom is -0.339 e. The second kappa shape index (κ2) is 7.40. The molecular weight excluding hydrogens is 238 g/mol. The van der Waals surface area contributed by atoms with Crippen LogP contribution in [0.1, 0.15) is 25.0 Å². The largest absolute Gasteiger partial charge is 0.339 e. The van der Waals surface area contributed by atoms with Crippen molar-refractivity contribution in [2.24, 2.45) is 5.73 Å². The molecule has 19 heavy (non-hydrogen) atoms. The molecule has 2 N–H and O–H groups in total. The Morgan fingerprint density at radius 1 is 1.21 bits per heavy atom. The van der Waals surface area contributed by atoms with Gasteiger partial charge < -0.3 is 15.5 Å². The molecule has 1 saturated heterocycles. The van der Waals surface area contributed by atoms with E-state index < -0.39 is 0 Å². The molecule has 0 saturated carbocycles. The van der Waals surface area contributed by atoms with E-state index >= 15 is 0 Å². The lowest BCUT2D eigenvalue weighted by atomic mass is 10.3. The van der Waals surface area contributed by atoms with E-state index in [-0.39, 0.29) is 0 Å². The Balaban J connectivity index is 1.86. The lowest BCUT2D eigenvalue weighted by molar-refractivity contribution is 0.287. The predicted molar refractivity (Wildman–Crippen MR) is 78.3 cm³/mol. The van der Waals surface area contributed by atoms with Gasteiger partial charge in [-0.3, -0.25) is 0 Å². The molecule has 1 fully saturated rings. The van der Waals surface area contributed by atoms with E-state index in [0.717, 1.165) is 44.2 Å². The fraction of sp³-hybridized carbons (Fsp3) is 0.714. The summed E-state index contributed by atoms with van der Waals surface area (Å²) in [6, 6.07) is 1.94. The Labute approximate surface area is 115 Å². The van der Waals surface area contributed by atoms with Gasteiger partial charge in [-0.15, -0.1) is 0 Å². The summed E-state index contributed by atoms with van der Waals surface area (Å²) in [5.74, 6) is 0.879. The van der Waals surface area contributed by atoms with Crippen LogP contribution in [0.25, 0.3) is 0 Å². The number of aryl methyl sites for hydroxylation is 1. The fourth-order valence-electron chi connectivity index (χ4n) is 2.46. The molecule has 0 radical (unpaired) electrons. The average Bonchev–Trinajstić information content (AvgIpc) is 2.65. The number of hydrogen-bond acceptors (Lipinski definition) is 5. The van der Waals surface area contributed by atoms with Crippen molar-refractivity contribution < 1.29 is 0 Å². The maximum atomic E-state index is 5.54. The van der Waals surface area contributed by atoms with Crippen LogP contribution in [0.5, 0.6) is 0 Å². The Morgan fingerprint density at radius 3 is 2.89 bits per heavy atom. The van der Waals surface area contributed by atoms with E-state index in [2.05, 4.69) is 19.8 Å². The van der Waals surface area contributed by atoms with E-state index in [0.29, 0.717) is 0 Å². The van der Waals surface area contributed by atoms with E-state index in [4.69, 9.17) is 5.73 Å². The van der Waals surface area contributed by atoms with Crippen LogP contribution in [0.2, 0.25) is 0 Å². The van der Waals surface area contributed by atoms with Crippen molar-refractivity contribution in [2.75, 3.05) is 44.2 Å². The molecular formula is C14H25N5. The van der Waals surface area contributed by atoms with Crippen LogP contribution in [0.15, 0.2) is 12.3 Å². The molecule has 0 amide bonds. The highest BCUT2D eigenvalue weighted by Gasteiger charge is 2.16. The van der Waals surface area contributed by atoms with Gasteiger partial charge in [-0.2, -0.15) is 0 Å². The smallest absolute Gasteiger partial charge is 0.225 e. The van der Waals surface area contributed by atoms with Crippen LogP contribution < -0.4 is 10.6 Å². The summed E-state index contributed by atoms with van der Waals surface area (Å²) in [6.45, 7) is 8.33. The molecule has 1 aromatic heterocycles. The normalized spacial score (nSPS) is 17.5. The van der Waals surface area contributed by atoms with Crippen molar-refractivity contribution >= 4 is 5.95 Å². The molecule has 0 aromatic carbocycles. The van der Waals surface area contributed by atoms with Gasteiger partial charge in [-0.05, 0) is 51.9 Å². The first-order valence-corrected chi connectivity index (χ1v) is 7.26. The van der Waals surface area contributed by atoms with Gasteiger partial charge in [0.15, 0.2) is 0 Å². The van der Waals surface area contributed by atoms with Crippen LogP contribution in [-0.2, 0) is 0 Å². The molecule has 5 nitrogen and oxygen atoms in total. The zero-order valence-corrected chi connectivity index (χ0v) is 11.9. The van der Waals surface area contributed by atoms with Gasteiger partial charge in [0.25, 0.3) is 0 Å². The Bertz CT molecular complexity index is 382. The van der Waals surface area contributed by atoms with Gasteiger partial charge in [0.2, 0.25) is 5.95 Å². The third kappa shape index (κ3) is 4.44. The molecule has 2 heterocycles. The Kier molecular flexibility index (Phi) is 5.54. The maximum Gasteiger partial charge on any atom is 0.225 e.